The molecule has 0 spiro atoms. The van der Waals surface area contributed by atoms with Crippen LogP contribution in [0.4, 0.5) is 23.3 Å². The molecule has 9 heterocycles. The summed E-state index contributed by atoms with van der Waals surface area (Å²) in [6, 6.07) is 30.1. The van der Waals surface area contributed by atoms with Crippen molar-refractivity contribution in [3.63, 3.8) is 0 Å². The fraction of sp³-hybridized carbons (Fsp3) is 0.0909. The van der Waals surface area contributed by atoms with Crippen LogP contribution in [-0.2, 0) is 5.41 Å². The van der Waals surface area contributed by atoms with Crippen LogP contribution in [-0.4, -0.2) is 29.9 Å². The van der Waals surface area contributed by atoms with Crippen molar-refractivity contribution in [3.05, 3.63) is 119 Å². The van der Waals surface area contributed by atoms with Crippen molar-refractivity contribution in [2.24, 2.45) is 0 Å². The van der Waals surface area contributed by atoms with Crippen LogP contribution in [0.3, 0.4) is 0 Å². The van der Waals surface area contributed by atoms with Gasteiger partial charge in [-0.2, -0.15) is 29.9 Å². The van der Waals surface area contributed by atoms with Gasteiger partial charge in [-0.1, -0.05) is 38.1 Å². The minimum absolute atomic E-state index is 0.00657. The predicted octanol–water partition coefficient (Wildman–Crippen LogP) is 8.87. The second-order valence-electron chi connectivity index (χ2n) is 10.7. The van der Waals surface area contributed by atoms with Gasteiger partial charge < -0.3 is 24.8 Å². The summed E-state index contributed by atoms with van der Waals surface area (Å²) in [5, 5.41) is 6.24. The smallest absolute Gasteiger partial charge is 0.328 e. The third kappa shape index (κ3) is 6.60. The standard InChI is InChI=1S/C33H24Cl2N8O3/c1-33(2)19-3-11-25(12-4-19)45-31-40-27(34)38-29(42-31)36-21-7-15-23(16-8-21)44-24-17-9-22(10-18-24)37-30-39-28(35)41-32(43-30)46-26-13-5-20(33)6-14-26/h3-18H,1-2H3,(H,36,38,40,42)(H,37,39,41,43). The van der Waals surface area contributed by atoms with Gasteiger partial charge >= 0.3 is 12.0 Å². The van der Waals surface area contributed by atoms with E-state index in [1.54, 1.807) is 0 Å². The summed E-state index contributed by atoms with van der Waals surface area (Å²) >= 11 is 12.4. The summed E-state index contributed by atoms with van der Waals surface area (Å²) in [5.74, 6) is 2.81. The van der Waals surface area contributed by atoms with Gasteiger partial charge in [-0.05, 0) is 107 Å². The van der Waals surface area contributed by atoms with Crippen LogP contribution < -0.4 is 24.8 Å². The van der Waals surface area contributed by atoms with Crippen molar-refractivity contribution < 1.29 is 14.2 Å². The van der Waals surface area contributed by atoms with Crippen LogP contribution in [0.15, 0.2) is 97.1 Å². The predicted molar refractivity (Wildman–Crippen MR) is 174 cm³/mol. The fourth-order valence-corrected chi connectivity index (χ4v) is 5.04. The van der Waals surface area contributed by atoms with E-state index in [0.717, 1.165) is 11.1 Å². The van der Waals surface area contributed by atoms with E-state index in [1.807, 2.05) is 97.1 Å². The number of halogens is 2. The minimum Gasteiger partial charge on any atom is -0.457 e. The maximum Gasteiger partial charge on any atom is 0.328 e. The lowest BCUT2D eigenvalue weighted by Crippen LogP contribution is -2.18. The van der Waals surface area contributed by atoms with Crippen molar-refractivity contribution in [1.29, 1.82) is 0 Å². The zero-order valence-corrected chi connectivity index (χ0v) is 25.9. The Morgan fingerprint density at radius 3 is 1.20 bits per heavy atom. The lowest BCUT2D eigenvalue weighted by molar-refractivity contribution is 0.440. The lowest BCUT2D eigenvalue weighted by atomic mass is 9.78. The summed E-state index contributed by atoms with van der Waals surface area (Å²) < 4.78 is 17.9. The number of rotatable bonds is 0. The average Bonchev–Trinajstić information content (AvgIpc) is 3.03. The highest BCUT2D eigenvalue weighted by Crippen LogP contribution is 2.35. The molecule has 228 valence electrons. The first-order valence-electron chi connectivity index (χ1n) is 14.1. The van der Waals surface area contributed by atoms with Crippen molar-refractivity contribution >= 4 is 46.5 Å². The molecule has 7 aliphatic heterocycles. The number of aromatic nitrogens is 6. The number of benzene rings is 4. The maximum absolute atomic E-state index is 6.20. The van der Waals surface area contributed by atoms with E-state index < -0.39 is 0 Å². The maximum atomic E-state index is 6.20. The Bertz CT molecular complexity index is 1860. The first-order valence-corrected chi connectivity index (χ1v) is 14.8. The van der Waals surface area contributed by atoms with E-state index in [9.17, 15) is 0 Å². The molecule has 0 radical (unpaired) electrons. The molecule has 0 amide bonds. The molecule has 11 nitrogen and oxygen atoms in total. The number of anilines is 4. The molecule has 13 rings (SSSR count). The molecule has 2 N–H and O–H groups in total. The number of nitrogens with one attached hydrogen (secondary N) is 2. The highest BCUT2D eigenvalue weighted by atomic mass is 35.5. The van der Waals surface area contributed by atoms with Gasteiger partial charge in [0.25, 0.3) is 0 Å². The van der Waals surface area contributed by atoms with Crippen LogP contribution in [0.2, 0.25) is 10.6 Å². The van der Waals surface area contributed by atoms with Gasteiger partial charge in [0.15, 0.2) is 0 Å². The largest absolute Gasteiger partial charge is 0.457 e. The molecule has 7 aliphatic rings. The summed E-state index contributed by atoms with van der Waals surface area (Å²) in [4.78, 5) is 25.4. The van der Waals surface area contributed by atoms with Gasteiger partial charge in [-0.25, -0.2) is 0 Å². The Labute approximate surface area is 273 Å². The van der Waals surface area contributed by atoms with Crippen LogP contribution in [0.5, 0.6) is 35.0 Å². The van der Waals surface area contributed by atoms with Gasteiger partial charge in [0.05, 0.1) is 0 Å². The first-order chi connectivity index (χ1) is 22.2. The zero-order valence-electron chi connectivity index (χ0n) is 24.4. The molecule has 13 heteroatoms. The molecule has 0 saturated carbocycles. The van der Waals surface area contributed by atoms with E-state index in [1.165, 1.54) is 0 Å². The van der Waals surface area contributed by atoms with Gasteiger partial charge in [-0.15, -0.1) is 0 Å². The normalized spacial score (nSPS) is 13.4. The Morgan fingerprint density at radius 2 is 0.804 bits per heavy atom. The van der Waals surface area contributed by atoms with E-state index >= 15 is 0 Å². The summed E-state index contributed by atoms with van der Waals surface area (Å²) in [6.45, 7) is 4.27. The summed E-state index contributed by atoms with van der Waals surface area (Å²) in [5.41, 5.74) is 3.23. The Balaban J connectivity index is 1.23. The number of hydrogen-bond donors (Lipinski definition) is 2. The molecule has 2 aromatic heterocycles. The molecular formula is C33H24Cl2N8O3. The van der Waals surface area contributed by atoms with Gasteiger partial charge in [-0.3, -0.25) is 0 Å². The quantitative estimate of drug-likeness (QED) is 0.163. The number of nitrogens with zero attached hydrogens (tertiary/aromatic N) is 6. The second kappa shape index (κ2) is 12.1. The van der Waals surface area contributed by atoms with Crippen LogP contribution in [0.25, 0.3) is 0 Å². The Hall–Kier alpha value is -5.52. The van der Waals surface area contributed by atoms with Crippen LogP contribution >= 0.6 is 23.2 Å². The molecule has 0 atom stereocenters. The third-order valence-corrected chi connectivity index (χ3v) is 7.54. The third-order valence-electron chi connectivity index (χ3n) is 7.20. The van der Waals surface area contributed by atoms with E-state index in [-0.39, 0.29) is 39.9 Å². The van der Waals surface area contributed by atoms with Crippen LogP contribution in [0, 0.1) is 0 Å². The van der Waals surface area contributed by atoms with Gasteiger partial charge in [0.2, 0.25) is 22.5 Å². The van der Waals surface area contributed by atoms with Crippen molar-refractivity contribution in [1.82, 2.24) is 29.9 Å². The molecule has 6 aromatic rings. The topological polar surface area (TPSA) is 129 Å². The fourth-order valence-electron chi connectivity index (χ4n) is 4.73. The van der Waals surface area contributed by atoms with E-state index in [2.05, 4.69) is 54.4 Å². The van der Waals surface area contributed by atoms with Crippen molar-refractivity contribution in [2.45, 2.75) is 19.3 Å². The molecule has 4 aromatic carbocycles. The monoisotopic (exact) mass is 650 g/mol. The molecule has 0 unspecified atom stereocenters. The minimum atomic E-state index is -0.336. The molecule has 0 saturated heterocycles. The molecule has 12 bridgehead atoms. The van der Waals surface area contributed by atoms with Crippen molar-refractivity contribution in [3.8, 4) is 35.0 Å². The SMILES string of the molecule is CC1(C)c2ccc(cc2)Oc2nc(Cl)nc(n2)Nc2ccc(cc2)Oc2ccc(cc2)Nc2nc(Cl)nc(n2)Oc2ccc1cc2. The molecule has 0 fully saturated rings. The average molecular weight is 652 g/mol. The summed E-state index contributed by atoms with van der Waals surface area (Å²) in [6.07, 6.45) is 0. The first kappa shape index (κ1) is 29.2. The van der Waals surface area contributed by atoms with Crippen molar-refractivity contribution in [2.75, 3.05) is 10.6 Å². The van der Waals surface area contributed by atoms with Gasteiger partial charge in [0, 0.05) is 16.8 Å². The number of hydrogen-bond acceptors (Lipinski definition) is 11. The second-order valence-corrected chi connectivity index (χ2v) is 11.4. The Kier molecular flexibility index (Phi) is 7.69. The van der Waals surface area contributed by atoms with E-state index in [0.29, 0.717) is 34.4 Å². The van der Waals surface area contributed by atoms with E-state index in [4.69, 9.17) is 37.4 Å². The molecular weight excluding hydrogens is 627 g/mol. The number of ether oxygens (including phenoxy) is 3. The Morgan fingerprint density at radius 1 is 0.457 bits per heavy atom. The van der Waals surface area contributed by atoms with Crippen LogP contribution in [0.1, 0.15) is 25.0 Å². The highest BCUT2D eigenvalue weighted by molar-refractivity contribution is 6.28. The lowest BCUT2D eigenvalue weighted by Gasteiger charge is -2.26. The molecule has 0 aliphatic carbocycles. The zero-order chi connectivity index (χ0) is 31.7. The molecule has 46 heavy (non-hydrogen) atoms. The van der Waals surface area contributed by atoms with Gasteiger partial charge in [0.1, 0.15) is 23.0 Å². The highest BCUT2D eigenvalue weighted by Gasteiger charge is 2.23. The summed E-state index contributed by atoms with van der Waals surface area (Å²) in [7, 11) is 0.